The predicted octanol–water partition coefficient (Wildman–Crippen LogP) is 4.75. The number of benzene rings is 2. The number of anilines is 1. The molecule has 0 saturated heterocycles. The van der Waals surface area contributed by atoms with E-state index < -0.39 is 0 Å². The number of nitrogens with one attached hydrogen (secondary N) is 1. The number of nitrogens with zero attached hydrogens (tertiary/aromatic N) is 1. The van der Waals surface area contributed by atoms with Crippen molar-refractivity contribution in [3.05, 3.63) is 59.5 Å². The SMILES string of the molecule is CSc1ccc(-c2csc(NC(=O)COc3cccc(C(C)=O)c3)n2)cc1. The Hall–Kier alpha value is -2.64. The summed E-state index contributed by atoms with van der Waals surface area (Å²) >= 11 is 3.05. The van der Waals surface area contributed by atoms with Gasteiger partial charge in [0, 0.05) is 21.4 Å². The van der Waals surface area contributed by atoms with Crippen LogP contribution >= 0.6 is 23.1 Å². The zero-order valence-corrected chi connectivity index (χ0v) is 16.5. The van der Waals surface area contributed by atoms with E-state index in [-0.39, 0.29) is 18.3 Å². The Bertz CT molecular complexity index is 952. The largest absolute Gasteiger partial charge is 0.484 e. The van der Waals surface area contributed by atoms with E-state index >= 15 is 0 Å². The first kappa shape index (κ1) is 19.1. The van der Waals surface area contributed by atoms with Crippen LogP contribution in [0.25, 0.3) is 11.3 Å². The van der Waals surface area contributed by atoms with Crippen LogP contribution in [-0.2, 0) is 4.79 Å². The van der Waals surface area contributed by atoms with Gasteiger partial charge in [-0.05, 0) is 37.4 Å². The lowest BCUT2D eigenvalue weighted by Gasteiger charge is -2.06. The standard InChI is InChI=1S/C20H18N2O3S2/c1-13(23)15-4-3-5-16(10-15)25-11-19(24)22-20-21-18(12-27-20)14-6-8-17(26-2)9-7-14/h3-10,12H,11H2,1-2H3,(H,21,22,24). The summed E-state index contributed by atoms with van der Waals surface area (Å²) < 4.78 is 5.46. The van der Waals surface area contributed by atoms with Gasteiger partial charge in [0.15, 0.2) is 17.5 Å². The molecule has 0 aliphatic heterocycles. The van der Waals surface area contributed by atoms with Crippen molar-refractivity contribution < 1.29 is 14.3 Å². The third-order valence-electron chi connectivity index (χ3n) is 3.75. The lowest BCUT2D eigenvalue weighted by Crippen LogP contribution is -2.20. The number of hydrogen-bond acceptors (Lipinski definition) is 6. The Morgan fingerprint density at radius 3 is 2.67 bits per heavy atom. The maximum atomic E-state index is 12.1. The first-order valence-electron chi connectivity index (χ1n) is 8.19. The van der Waals surface area contributed by atoms with E-state index in [1.54, 1.807) is 36.0 Å². The second-order valence-corrected chi connectivity index (χ2v) is 7.43. The van der Waals surface area contributed by atoms with Crippen LogP contribution in [0.5, 0.6) is 5.75 Å². The van der Waals surface area contributed by atoms with Gasteiger partial charge in [0.25, 0.3) is 5.91 Å². The van der Waals surface area contributed by atoms with E-state index in [2.05, 4.69) is 10.3 Å². The average Bonchev–Trinajstić information content (AvgIpc) is 3.15. The number of hydrogen-bond donors (Lipinski definition) is 1. The molecular weight excluding hydrogens is 380 g/mol. The van der Waals surface area contributed by atoms with Crippen molar-refractivity contribution in [1.29, 1.82) is 0 Å². The molecular formula is C20H18N2O3S2. The first-order chi connectivity index (χ1) is 13.0. The summed E-state index contributed by atoms with van der Waals surface area (Å²) in [6.07, 6.45) is 2.03. The van der Waals surface area contributed by atoms with Gasteiger partial charge in [-0.15, -0.1) is 23.1 Å². The van der Waals surface area contributed by atoms with Gasteiger partial charge in [0.1, 0.15) is 5.75 Å². The minimum absolute atomic E-state index is 0.0502. The van der Waals surface area contributed by atoms with Crippen molar-refractivity contribution in [2.75, 3.05) is 18.2 Å². The summed E-state index contributed by atoms with van der Waals surface area (Å²) in [4.78, 5) is 29.1. The Kier molecular flexibility index (Phi) is 6.26. The van der Waals surface area contributed by atoms with Crippen LogP contribution in [0, 0.1) is 0 Å². The van der Waals surface area contributed by atoms with Crippen molar-refractivity contribution in [3.8, 4) is 17.0 Å². The molecule has 0 bridgehead atoms. The topological polar surface area (TPSA) is 68.3 Å². The first-order valence-corrected chi connectivity index (χ1v) is 10.3. The lowest BCUT2D eigenvalue weighted by molar-refractivity contribution is -0.118. The van der Waals surface area contributed by atoms with Crippen LogP contribution in [0.1, 0.15) is 17.3 Å². The average molecular weight is 399 g/mol. The minimum atomic E-state index is -0.304. The third-order valence-corrected chi connectivity index (χ3v) is 5.25. The number of Topliss-reactive ketones (excluding diaryl/α,β-unsaturated/α-hetero) is 1. The zero-order valence-electron chi connectivity index (χ0n) is 14.9. The molecule has 2 aromatic carbocycles. The number of amides is 1. The summed E-state index contributed by atoms with van der Waals surface area (Å²) in [5, 5.41) is 5.16. The fourth-order valence-corrected chi connectivity index (χ4v) is 3.48. The molecule has 1 N–H and O–H groups in total. The van der Waals surface area contributed by atoms with E-state index in [4.69, 9.17) is 4.74 Å². The molecule has 27 heavy (non-hydrogen) atoms. The highest BCUT2D eigenvalue weighted by Gasteiger charge is 2.09. The van der Waals surface area contributed by atoms with Gasteiger partial charge in [0.2, 0.25) is 0 Å². The smallest absolute Gasteiger partial charge is 0.264 e. The fraction of sp³-hybridized carbons (Fsp3) is 0.150. The van der Waals surface area contributed by atoms with Crippen LogP contribution in [0.3, 0.4) is 0 Å². The molecule has 1 aromatic heterocycles. The zero-order chi connectivity index (χ0) is 19.2. The molecule has 0 atom stereocenters. The van der Waals surface area contributed by atoms with E-state index in [9.17, 15) is 9.59 Å². The number of ketones is 1. The van der Waals surface area contributed by atoms with Crippen LogP contribution in [0.4, 0.5) is 5.13 Å². The van der Waals surface area contributed by atoms with Gasteiger partial charge in [0.05, 0.1) is 5.69 Å². The Labute approximate surface area is 165 Å². The second-order valence-electron chi connectivity index (χ2n) is 5.69. The van der Waals surface area contributed by atoms with Crippen molar-refractivity contribution in [3.63, 3.8) is 0 Å². The molecule has 0 aliphatic carbocycles. The summed E-state index contributed by atoms with van der Waals surface area (Å²) in [6, 6.07) is 14.9. The van der Waals surface area contributed by atoms with Gasteiger partial charge in [-0.25, -0.2) is 4.98 Å². The molecule has 0 fully saturated rings. The van der Waals surface area contributed by atoms with E-state index in [1.165, 1.54) is 23.2 Å². The molecule has 3 rings (SSSR count). The monoisotopic (exact) mass is 398 g/mol. The molecule has 3 aromatic rings. The van der Waals surface area contributed by atoms with Crippen molar-refractivity contribution in [1.82, 2.24) is 4.98 Å². The maximum Gasteiger partial charge on any atom is 0.264 e. The molecule has 1 amide bonds. The fourth-order valence-electron chi connectivity index (χ4n) is 2.33. The Balaban J connectivity index is 1.57. The van der Waals surface area contributed by atoms with Gasteiger partial charge in [-0.3, -0.25) is 14.9 Å². The normalized spacial score (nSPS) is 10.4. The summed E-state index contributed by atoms with van der Waals surface area (Å²) in [7, 11) is 0. The van der Waals surface area contributed by atoms with Crippen LogP contribution in [0.15, 0.2) is 58.8 Å². The molecule has 0 radical (unpaired) electrons. The number of thioether (sulfide) groups is 1. The summed E-state index contributed by atoms with van der Waals surface area (Å²) in [5.74, 6) is 0.124. The molecule has 0 spiro atoms. The quantitative estimate of drug-likeness (QED) is 0.459. The number of carbonyl (C=O) groups is 2. The summed E-state index contributed by atoms with van der Waals surface area (Å²) in [5.41, 5.74) is 2.37. The number of carbonyl (C=O) groups excluding carboxylic acids is 2. The number of aromatic nitrogens is 1. The number of thiazole rings is 1. The van der Waals surface area contributed by atoms with E-state index in [0.29, 0.717) is 16.4 Å². The number of ether oxygens (including phenoxy) is 1. The van der Waals surface area contributed by atoms with Gasteiger partial charge >= 0.3 is 0 Å². The highest BCUT2D eigenvalue weighted by molar-refractivity contribution is 7.98. The highest BCUT2D eigenvalue weighted by Crippen LogP contribution is 2.26. The molecule has 138 valence electrons. The van der Waals surface area contributed by atoms with Crippen molar-refractivity contribution in [2.24, 2.45) is 0 Å². The molecule has 0 saturated carbocycles. The lowest BCUT2D eigenvalue weighted by atomic mass is 10.1. The van der Waals surface area contributed by atoms with E-state index in [1.807, 2.05) is 35.9 Å². The predicted molar refractivity (Wildman–Crippen MR) is 110 cm³/mol. The molecule has 0 unspecified atom stereocenters. The van der Waals surface area contributed by atoms with Gasteiger partial charge in [-0.1, -0.05) is 24.3 Å². The highest BCUT2D eigenvalue weighted by atomic mass is 32.2. The second kappa shape index (κ2) is 8.83. The van der Waals surface area contributed by atoms with Gasteiger partial charge in [-0.2, -0.15) is 0 Å². The summed E-state index contributed by atoms with van der Waals surface area (Å²) in [6.45, 7) is 1.33. The van der Waals surface area contributed by atoms with Gasteiger partial charge < -0.3 is 4.74 Å². The van der Waals surface area contributed by atoms with Crippen LogP contribution in [0.2, 0.25) is 0 Å². The van der Waals surface area contributed by atoms with Crippen LogP contribution in [-0.4, -0.2) is 29.5 Å². The molecule has 7 heteroatoms. The Morgan fingerprint density at radius 1 is 1.19 bits per heavy atom. The van der Waals surface area contributed by atoms with E-state index in [0.717, 1.165) is 11.3 Å². The number of rotatable bonds is 7. The molecule has 0 aliphatic rings. The molecule has 1 heterocycles. The maximum absolute atomic E-state index is 12.1. The Morgan fingerprint density at radius 2 is 1.96 bits per heavy atom. The molecule has 5 nitrogen and oxygen atoms in total. The minimum Gasteiger partial charge on any atom is -0.484 e. The van der Waals surface area contributed by atoms with Crippen molar-refractivity contribution in [2.45, 2.75) is 11.8 Å². The third kappa shape index (κ3) is 5.18. The van der Waals surface area contributed by atoms with Crippen molar-refractivity contribution >= 4 is 39.9 Å². The van der Waals surface area contributed by atoms with Crippen LogP contribution < -0.4 is 10.1 Å².